The van der Waals surface area contributed by atoms with Gasteiger partial charge >= 0.3 is 0 Å². The molecule has 1 aromatic heterocycles. The van der Waals surface area contributed by atoms with Gasteiger partial charge < -0.3 is 19.7 Å². The van der Waals surface area contributed by atoms with Crippen LogP contribution in [0.2, 0.25) is 0 Å². The zero-order valence-electron chi connectivity index (χ0n) is 16.8. The number of hydrogen-bond acceptors (Lipinski definition) is 8. The maximum Gasteiger partial charge on any atom is 0.233 e. The van der Waals surface area contributed by atoms with Crippen molar-refractivity contribution in [2.45, 2.75) is 17.8 Å². The van der Waals surface area contributed by atoms with Crippen LogP contribution in [0.15, 0.2) is 46.8 Å². The number of rotatable bonds is 7. The zero-order chi connectivity index (χ0) is 20.9. The average molecular weight is 443 g/mol. The molecule has 0 aliphatic carbocycles. The van der Waals surface area contributed by atoms with E-state index in [2.05, 4.69) is 15.5 Å². The summed E-state index contributed by atoms with van der Waals surface area (Å²) in [5.41, 5.74) is 3.14. The lowest BCUT2D eigenvalue weighted by Gasteiger charge is -2.21. The van der Waals surface area contributed by atoms with Crippen LogP contribution in [0.5, 0.6) is 11.5 Å². The first kappa shape index (κ1) is 20.5. The van der Waals surface area contributed by atoms with Gasteiger partial charge in [-0.2, -0.15) is 0 Å². The number of carbonyl (C=O) groups excluding carboxylic acids is 1. The zero-order valence-corrected chi connectivity index (χ0v) is 18.4. The van der Waals surface area contributed by atoms with E-state index >= 15 is 0 Å². The highest BCUT2D eigenvalue weighted by molar-refractivity contribution is 8.01. The Morgan fingerprint density at radius 3 is 2.83 bits per heavy atom. The molecule has 156 valence electrons. The molecule has 9 heteroatoms. The molecule has 0 fully saturated rings. The first-order valence-electron chi connectivity index (χ1n) is 9.49. The molecular formula is C21H22N4O3S2. The van der Waals surface area contributed by atoms with Crippen LogP contribution < -0.4 is 14.8 Å². The SMILES string of the molecule is Cc1cccc(Nc2nnc(SCC(=O)N(C)Cc3ccc4c(c3)OCCO4)s2)c1. The Morgan fingerprint density at radius 1 is 1.17 bits per heavy atom. The Morgan fingerprint density at radius 2 is 2.00 bits per heavy atom. The molecule has 0 saturated heterocycles. The van der Waals surface area contributed by atoms with Gasteiger partial charge in [-0.15, -0.1) is 10.2 Å². The summed E-state index contributed by atoms with van der Waals surface area (Å²) in [6, 6.07) is 13.8. The summed E-state index contributed by atoms with van der Waals surface area (Å²) in [6.07, 6.45) is 0. The van der Waals surface area contributed by atoms with Gasteiger partial charge in [-0.3, -0.25) is 4.79 Å². The molecule has 0 bridgehead atoms. The lowest BCUT2D eigenvalue weighted by Crippen LogP contribution is -2.27. The Bertz CT molecular complexity index is 1040. The molecule has 0 radical (unpaired) electrons. The van der Waals surface area contributed by atoms with Crippen LogP contribution in [0.3, 0.4) is 0 Å². The van der Waals surface area contributed by atoms with Gasteiger partial charge in [0.1, 0.15) is 13.2 Å². The van der Waals surface area contributed by atoms with Crippen molar-refractivity contribution in [3.8, 4) is 11.5 Å². The molecule has 0 atom stereocenters. The summed E-state index contributed by atoms with van der Waals surface area (Å²) < 4.78 is 11.9. The highest BCUT2D eigenvalue weighted by Crippen LogP contribution is 2.31. The normalized spacial score (nSPS) is 12.5. The third-order valence-electron chi connectivity index (χ3n) is 4.45. The minimum Gasteiger partial charge on any atom is -0.486 e. The van der Waals surface area contributed by atoms with Gasteiger partial charge in [0, 0.05) is 19.3 Å². The van der Waals surface area contributed by atoms with Crippen LogP contribution in [-0.4, -0.2) is 47.0 Å². The van der Waals surface area contributed by atoms with Gasteiger partial charge in [0.05, 0.1) is 5.75 Å². The van der Waals surface area contributed by atoms with Gasteiger partial charge in [0.2, 0.25) is 11.0 Å². The Labute approximate surface area is 183 Å². The van der Waals surface area contributed by atoms with E-state index in [-0.39, 0.29) is 5.91 Å². The summed E-state index contributed by atoms with van der Waals surface area (Å²) in [5.74, 6) is 1.82. The molecule has 2 aromatic carbocycles. The molecule has 2 heterocycles. The minimum absolute atomic E-state index is 0.0262. The monoisotopic (exact) mass is 442 g/mol. The fraction of sp³-hybridized carbons (Fsp3) is 0.286. The number of benzene rings is 2. The second-order valence-electron chi connectivity index (χ2n) is 6.88. The summed E-state index contributed by atoms with van der Waals surface area (Å²) in [7, 11) is 1.80. The summed E-state index contributed by atoms with van der Waals surface area (Å²) >= 11 is 2.83. The number of hydrogen-bond donors (Lipinski definition) is 1. The average Bonchev–Trinajstić information content (AvgIpc) is 3.19. The van der Waals surface area contributed by atoms with Gasteiger partial charge in [0.25, 0.3) is 0 Å². The number of anilines is 2. The molecular weight excluding hydrogens is 420 g/mol. The van der Waals surface area contributed by atoms with E-state index < -0.39 is 0 Å². The first-order chi connectivity index (χ1) is 14.6. The van der Waals surface area contributed by atoms with Crippen molar-refractivity contribution in [2.75, 3.05) is 31.3 Å². The number of carbonyl (C=O) groups is 1. The highest BCUT2D eigenvalue weighted by Gasteiger charge is 2.15. The van der Waals surface area contributed by atoms with Gasteiger partial charge in [-0.1, -0.05) is 41.3 Å². The summed E-state index contributed by atoms with van der Waals surface area (Å²) in [5, 5.41) is 12.3. The summed E-state index contributed by atoms with van der Waals surface area (Å²) in [6.45, 7) is 3.66. The van der Waals surface area contributed by atoms with Crippen molar-refractivity contribution in [3.05, 3.63) is 53.6 Å². The number of fused-ring (bicyclic) bond motifs is 1. The topological polar surface area (TPSA) is 76.6 Å². The molecule has 1 aliphatic heterocycles. The third kappa shape index (κ3) is 5.22. The fourth-order valence-corrected chi connectivity index (χ4v) is 4.66. The van der Waals surface area contributed by atoms with E-state index in [9.17, 15) is 4.79 Å². The van der Waals surface area contributed by atoms with E-state index in [0.717, 1.165) is 27.1 Å². The van der Waals surface area contributed by atoms with Crippen LogP contribution in [0.4, 0.5) is 10.8 Å². The molecule has 0 saturated carbocycles. The molecule has 3 aromatic rings. The fourth-order valence-electron chi connectivity index (χ4n) is 2.95. The Kier molecular flexibility index (Phi) is 6.39. The first-order valence-corrected chi connectivity index (χ1v) is 11.3. The maximum atomic E-state index is 12.5. The number of nitrogens with one attached hydrogen (secondary N) is 1. The number of ether oxygens (including phenoxy) is 2. The van der Waals surface area contributed by atoms with Crippen molar-refractivity contribution < 1.29 is 14.3 Å². The molecule has 0 spiro atoms. The predicted molar refractivity (Wildman–Crippen MR) is 119 cm³/mol. The number of amides is 1. The van der Waals surface area contributed by atoms with E-state index in [1.54, 1.807) is 11.9 Å². The van der Waals surface area contributed by atoms with Crippen molar-refractivity contribution in [2.24, 2.45) is 0 Å². The van der Waals surface area contributed by atoms with Crippen molar-refractivity contribution in [1.82, 2.24) is 15.1 Å². The number of nitrogens with zero attached hydrogens (tertiary/aromatic N) is 3. The van der Waals surface area contributed by atoms with Crippen LogP contribution >= 0.6 is 23.1 Å². The van der Waals surface area contributed by atoms with Gasteiger partial charge in [0.15, 0.2) is 15.8 Å². The van der Waals surface area contributed by atoms with Crippen LogP contribution in [0.1, 0.15) is 11.1 Å². The molecule has 1 aliphatic rings. The maximum absolute atomic E-state index is 12.5. The van der Waals surface area contributed by atoms with Crippen LogP contribution in [0, 0.1) is 6.92 Å². The lowest BCUT2D eigenvalue weighted by molar-refractivity contribution is -0.127. The van der Waals surface area contributed by atoms with E-state index in [1.807, 2.05) is 49.4 Å². The molecule has 30 heavy (non-hydrogen) atoms. The van der Waals surface area contributed by atoms with E-state index in [0.29, 0.717) is 30.6 Å². The van der Waals surface area contributed by atoms with E-state index in [4.69, 9.17) is 9.47 Å². The highest BCUT2D eigenvalue weighted by atomic mass is 32.2. The standard InChI is InChI=1S/C21H22N4O3S2/c1-14-4-3-5-16(10-14)22-20-23-24-21(30-20)29-13-19(26)25(2)12-15-6-7-17-18(11-15)28-9-8-27-17/h3-7,10-11H,8-9,12-13H2,1-2H3,(H,22,23). The van der Waals surface area contributed by atoms with Crippen LogP contribution in [0.25, 0.3) is 0 Å². The van der Waals surface area contributed by atoms with Crippen molar-refractivity contribution in [3.63, 3.8) is 0 Å². The van der Waals surface area contributed by atoms with Gasteiger partial charge in [-0.05, 0) is 42.3 Å². The largest absolute Gasteiger partial charge is 0.486 e. The molecule has 1 N–H and O–H groups in total. The van der Waals surface area contributed by atoms with E-state index in [1.165, 1.54) is 28.7 Å². The molecule has 1 amide bonds. The Balaban J connectivity index is 1.28. The number of thioether (sulfide) groups is 1. The van der Waals surface area contributed by atoms with Crippen LogP contribution in [-0.2, 0) is 11.3 Å². The van der Waals surface area contributed by atoms with Gasteiger partial charge in [-0.25, -0.2) is 0 Å². The smallest absolute Gasteiger partial charge is 0.233 e. The molecule has 0 unspecified atom stereocenters. The number of aromatic nitrogens is 2. The predicted octanol–water partition coefficient (Wildman–Crippen LogP) is 4.11. The molecule has 7 nitrogen and oxygen atoms in total. The number of aryl methyl sites for hydroxylation is 1. The summed E-state index contributed by atoms with van der Waals surface area (Å²) in [4.78, 5) is 14.2. The minimum atomic E-state index is 0.0262. The second kappa shape index (κ2) is 9.36. The lowest BCUT2D eigenvalue weighted by atomic mass is 10.2. The van der Waals surface area contributed by atoms with Crippen molar-refractivity contribution >= 4 is 39.8 Å². The quantitative estimate of drug-likeness (QED) is 0.552. The second-order valence-corrected chi connectivity index (χ2v) is 9.08. The Hall–Kier alpha value is -2.78. The molecule has 4 rings (SSSR count). The van der Waals surface area contributed by atoms with Crippen molar-refractivity contribution in [1.29, 1.82) is 0 Å². The third-order valence-corrected chi connectivity index (χ3v) is 6.40.